The summed E-state index contributed by atoms with van der Waals surface area (Å²) < 4.78 is 5.44. The van der Waals surface area contributed by atoms with E-state index in [9.17, 15) is 9.59 Å². The lowest BCUT2D eigenvalue weighted by Gasteiger charge is -2.28. The minimum absolute atomic E-state index is 0.112. The monoisotopic (exact) mass is 407 g/mol. The molecule has 0 saturated carbocycles. The number of imide groups is 1. The number of amides is 3. The van der Waals surface area contributed by atoms with E-state index in [4.69, 9.17) is 27.9 Å². The highest BCUT2D eigenvalue weighted by Gasteiger charge is 2.53. The first kappa shape index (κ1) is 19.5. The van der Waals surface area contributed by atoms with Gasteiger partial charge in [0.05, 0.1) is 12.3 Å². The normalized spacial score (nSPS) is 19.7. The number of pyridine rings is 1. The van der Waals surface area contributed by atoms with Crippen molar-refractivity contribution in [2.45, 2.75) is 25.8 Å². The maximum absolute atomic E-state index is 13.2. The summed E-state index contributed by atoms with van der Waals surface area (Å²) in [6.07, 6.45) is 0.365. The molecule has 0 N–H and O–H groups in total. The molecule has 1 aliphatic rings. The van der Waals surface area contributed by atoms with Crippen molar-refractivity contribution in [2.75, 3.05) is 18.6 Å². The van der Waals surface area contributed by atoms with E-state index in [2.05, 4.69) is 4.98 Å². The summed E-state index contributed by atoms with van der Waals surface area (Å²) in [7, 11) is 1.61. The molecule has 8 heteroatoms. The number of halogens is 2. The smallest absolute Gasteiger partial charge is 0.332 e. The molecule has 142 valence electrons. The number of rotatable bonds is 5. The predicted molar refractivity (Wildman–Crippen MR) is 105 cm³/mol. The van der Waals surface area contributed by atoms with Crippen LogP contribution in [0.4, 0.5) is 10.5 Å². The topological polar surface area (TPSA) is 62.7 Å². The van der Waals surface area contributed by atoms with Crippen LogP contribution in [0.1, 0.15) is 19.4 Å². The lowest BCUT2D eigenvalue weighted by molar-refractivity contribution is -0.123. The Morgan fingerprint density at radius 1 is 1.11 bits per heavy atom. The van der Waals surface area contributed by atoms with Crippen molar-refractivity contribution in [3.8, 4) is 5.75 Å². The van der Waals surface area contributed by atoms with Gasteiger partial charge in [0.1, 0.15) is 21.6 Å². The summed E-state index contributed by atoms with van der Waals surface area (Å²) >= 11 is 11.9. The maximum atomic E-state index is 13.2. The van der Waals surface area contributed by atoms with Crippen LogP contribution < -0.4 is 9.64 Å². The van der Waals surface area contributed by atoms with Gasteiger partial charge in [0.2, 0.25) is 0 Å². The Balaban J connectivity index is 1.91. The van der Waals surface area contributed by atoms with E-state index in [1.54, 1.807) is 14.0 Å². The fourth-order valence-electron chi connectivity index (χ4n) is 3.10. The predicted octanol–water partition coefficient (Wildman–Crippen LogP) is 4.19. The number of hydrogen-bond acceptors (Lipinski definition) is 4. The summed E-state index contributed by atoms with van der Waals surface area (Å²) in [6.45, 7) is 4.24. The second kappa shape index (κ2) is 7.37. The summed E-state index contributed by atoms with van der Waals surface area (Å²) in [5.41, 5.74) is 0.186. The highest BCUT2D eigenvalue weighted by atomic mass is 35.5. The van der Waals surface area contributed by atoms with E-state index in [-0.39, 0.29) is 16.2 Å². The molecule has 1 aliphatic heterocycles. The molecule has 2 heterocycles. The Bertz CT molecular complexity index is 868. The zero-order valence-corrected chi connectivity index (χ0v) is 16.7. The molecule has 1 atom stereocenters. The van der Waals surface area contributed by atoms with Crippen molar-refractivity contribution >= 4 is 40.8 Å². The van der Waals surface area contributed by atoms with Crippen LogP contribution in [0.25, 0.3) is 0 Å². The number of benzene rings is 1. The number of urea groups is 1. The first-order valence-corrected chi connectivity index (χ1v) is 9.19. The molecule has 1 unspecified atom stereocenters. The number of carbonyl (C=O) groups excluding carboxylic acids is 2. The molecule has 27 heavy (non-hydrogen) atoms. The third-order valence-electron chi connectivity index (χ3n) is 4.67. The summed E-state index contributed by atoms with van der Waals surface area (Å²) in [4.78, 5) is 32.4. The Morgan fingerprint density at radius 2 is 1.70 bits per heavy atom. The molecule has 1 fully saturated rings. The van der Waals surface area contributed by atoms with E-state index >= 15 is 0 Å². The molecule has 1 aromatic carbocycles. The average molecular weight is 408 g/mol. The van der Waals surface area contributed by atoms with Crippen molar-refractivity contribution in [1.82, 2.24) is 9.88 Å². The van der Waals surface area contributed by atoms with Gasteiger partial charge >= 0.3 is 6.03 Å². The second-order valence-electron chi connectivity index (χ2n) is 6.48. The van der Waals surface area contributed by atoms with Crippen molar-refractivity contribution in [2.24, 2.45) is 0 Å². The summed E-state index contributed by atoms with van der Waals surface area (Å²) in [5, 5.41) is 0.224. The molecule has 1 aromatic heterocycles. The van der Waals surface area contributed by atoms with Gasteiger partial charge in [-0.2, -0.15) is 0 Å². The van der Waals surface area contributed by atoms with Gasteiger partial charge in [0.25, 0.3) is 5.91 Å². The Morgan fingerprint density at radius 3 is 2.26 bits per heavy atom. The molecule has 6 nitrogen and oxygen atoms in total. The molecular formula is C19H19Cl2N3O3. The van der Waals surface area contributed by atoms with Gasteiger partial charge in [-0.25, -0.2) is 14.7 Å². The first-order chi connectivity index (χ1) is 12.8. The Labute approximate surface area is 167 Å². The van der Waals surface area contributed by atoms with E-state index in [0.717, 1.165) is 16.2 Å². The number of aromatic nitrogens is 1. The van der Waals surface area contributed by atoms with Crippen LogP contribution in [0, 0.1) is 0 Å². The SMILES string of the molecule is CCOc1ccc(CC2(C)C(=O)N(c3cc(Cl)nc(Cl)c3)C(=O)N2C)cc1. The van der Waals surface area contributed by atoms with Crippen LogP contribution in [0.15, 0.2) is 36.4 Å². The number of likely N-dealkylation sites (N-methyl/N-ethyl adjacent to an activating group) is 1. The van der Waals surface area contributed by atoms with Crippen molar-refractivity contribution in [3.05, 3.63) is 52.3 Å². The quantitative estimate of drug-likeness (QED) is 0.550. The summed E-state index contributed by atoms with van der Waals surface area (Å²) in [6, 6.07) is 9.94. The molecule has 1 saturated heterocycles. The second-order valence-corrected chi connectivity index (χ2v) is 7.26. The van der Waals surface area contributed by atoms with Gasteiger partial charge in [-0.15, -0.1) is 0 Å². The fraction of sp³-hybridized carbons (Fsp3) is 0.316. The molecule has 3 rings (SSSR count). The van der Waals surface area contributed by atoms with Crippen LogP contribution in [-0.2, 0) is 11.2 Å². The van der Waals surface area contributed by atoms with Gasteiger partial charge in [0.15, 0.2) is 0 Å². The largest absolute Gasteiger partial charge is 0.494 e. The van der Waals surface area contributed by atoms with Gasteiger partial charge in [-0.05, 0) is 43.7 Å². The van der Waals surface area contributed by atoms with Crippen LogP contribution in [0.5, 0.6) is 5.75 Å². The van der Waals surface area contributed by atoms with Gasteiger partial charge < -0.3 is 9.64 Å². The van der Waals surface area contributed by atoms with E-state index in [1.165, 1.54) is 17.0 Å². The minimum Gasteiger partial charge on any atom is -0.494 e. The van der Waals surface area contributed by atoms with Gasteiger partial charge in [-0.1, -0.05) is 35.3 Å². The molecular weight excluding hydrogens is 389 g/mol. The minimum atomic E-state index is -1.04. The van der Waals surface area contributed by atoms with E-state index in [1.807, 2.05) is 31.2 Å². The lowest BCUT2D eigenvalue weighted by Crippen LogP contribution is -2.47. The third-order valence-corrected chi connectivity index (χ3v) is 5.06. The highest BCUT2D eigenvalue weighted by Crippen LogP contribution is 2.35. The Hall–Kier alpha value is -2.31. The van der Waals surface area contributed by atoms with Crippen molar-refractivity contribution in [3.63, 3.8) is 0 Å². The molecule has 3 amide bonds. The van der Waals surface area contributed by atoms with E-state index in [0.29, 0.717) is 18.7 Å². The number of nitrogens with zero attached hydrogens (tertiary/aromatic N) is 3. The molecule has 0 spiro atoms. The molecule has 0 aliphatic carbocycles. The lowest BCUT2D eigenvalue weighted by atomic mass is 9.91. The first-order valence-electron chi connectivity index (χ1n) is 8.43. The van der Waals surface area contributed by atoms with Crippen molar-refractivity contribution < 1.29 is 14.3 Å². The van der Waals surface area contributed by atoms with Gasteiger partial charge in [0, 0.05) is 13.5 Å². The molecule has 0 radical (unpaired) electrons. The van der Waals surface area contributed by atoms with Crippen molar-refractivity contribution in [1.29, 1.82) is 0 Å². The number of hydrogen-bond donors (Lipinski definition) is 0. The third kappa shape index (κ3) is 3.59. The highest BCUT2D eigenvalue weighted by molar-refractivity contribution is 6.33. The Kier molecular flexibility index (Phi) is 5.31. The van der Waals surface area contributed by atoms with Crippen LogP contribution in [0.2, 0.25) is 10.3 Å². The fourth-order valence-corrected chi connectivity index (χ4v) is 3.55. The number of ether oxygens (including phenoxy) is 1. The van der Waals surface area contributed by atoms with Crippen LogP contribution >= 0.6 is 23.2 Å². The number of anilines is 1. The van der Waals surface area contributed by atoms with Crippen LogP contribution in [0.3, 0.4) is 0 Å². The van der Waals surface area contributed by atoms with Crippen LogP contribution in [-0.4, -0.2) is 41.0 Å². The molecule has 2 aromatic rings. The number of carbonyl (C=O) groups is 2. The zero-order chi connectivity index (χ0) is 19.8. The zero-order valence-electron chi connectivity index (χ0n) is 15.2. The summed E-state index contributed by atoms with van der Waals surface area (Å²) in [5.74, 6) is 0.415. The maximum Gasteiger partial charge on any atom is 0.332 e. The van der Waals surface area contributed by atoms with E-state index < -0.39 is 11.6 Å². The molecule has 0 bridgehead atoms. The average Bonchev–Trinajstić information content (AvgIpc) is 2.77. The van der Waals surface area contributed by atoms with Gasteiger partial charge in [-0.3, -0.25) is 4.79 Å². The standard InChI is InChI=1S/C19H19Cl2N3O3/c1-4-27-14-7-5-12(6-8-14)11-19(2)17(25)24(18(26)23(19)3)13-9-15(20)22-16(21)10-13/h5-10H,4,11H2,1-3H3.